The lowest BCUT2D eigenvalue weighted by Gasteiger charge is -2.13. The molecule has 0 amide bonds. The van der Waals surface area contributed by atoms with E-state index in [4.69, 9.17) is 5.73 Å². The third kappa shape index (κ3) is 2.05. The largest absolute Gasteiger partial charge is 0.387 e. The van der Waals surface area contributed by atoms with Gasteiger partial charge in [0.2, 0.25) is 0 Å². The van der Waals surface area contributed by atoms with Crippen LogP contribution in [0.4, 0.5) is 0 Å². The number of nitrogens with zero attached hydrogens (tertiary/aromatic N) is 1. The molecule has 82 valence electrons. The summed E-state index contributed by atoms with van der Waals surface area (Å²) >= 11 is 0. The fourth-order valence-electron chi connectivity index (χ4n) is 2.84. The minimum Gasteiger partial charge on any atom is -0.387 e. The van der Waals surface area contributed by atoms with Crippen molar-refractivity contribution in [2.45, 2.75) is 45.6 Å². The summed E-state index contributed by atoms with van der Waals surface area (Å²) in [6.07, 6.45) is 5.07. The average molecular weight is 217 g/mol. The molecule has 2 rings (SSSR count). The Hall–Kier alpha value is -0.240. The van der Waals surface area contributed by atoms with Gasteiger partial charge in [0.15, 0.2) is 0 Å². The van der Waals surface area contributed by atoms with Crippen molar-refractivity contribution in [2.75, 3.05) is 0 Å². The average Bonchev–Trinajstić information content (AvgIpc) is 2.74. The second-order valence-electron chi connectivity index (χ2n) is 4.68. The Bertz CT molecular complexity index is 227. The van der Waals surface area contributed by atoms with Crippen molar-refractivity contribution in [3.8, 4) is 0 Å². The van der Waals surface area contributed by atoms with E-state index in [-0.39, 0.29) is 12.4 Å². The van der Waals surface area contributed by atoms with Gasteiger partial charge in [0.05, 0.1) is 11.9 Å². The van der Waals surface area contributed by atoms with Crippen LogP contribution in [0.2, 0.25) is 0 Å². The van der Waals surface area contributed by atoms with Gasteiger partial charge in [0.25, 0.3) is 0 Å². The number of nitrogens with two attached hydrogens (primary N) is 1. The quantitative estimate of drug-likeness (QED) is 0.774. The molecule has 0 aromatic rings. The van der Waals surface area contributed by atoms with E-state index >= 15 is 0 Å². The van der Waals surface area contributed by atoms with Crippen LogP contribution < -0.4 is 5.73 Å². The molecular weight excluding hydrogens is 196 g/mol. The first kappa shape index (κ1) is 11.8. The Kier molecular flexibility index (Phi) is 3.82. The molecule has 0 saturated heterocycles. The smallest absolute Gasteiger partial charge is 0.0943 e. The number of hydrogen-bond acceptors (Lipinski definition) is 2. The molecule has 0 spiro atoms. The van der Waals surface area contributed by atoms with Crippen LogP contribution in [-0.2, 0) is 0 Å². The summed E-state index contributed by atoms with van der Waals surface area (Å²) in [4.78, 5) is 4.54. The Balaban J connectivity index is 0.000000980. The number of halogens is 1. The lowest BCUT2D eigenvalue weighted by molar-refractivity contribution is 0.462. The standard InChI is InChI=1S/C11H20N2.ClH/c1-3-4-5-8-10-7(2)6-9(12)13-11(8)10;/h7-8,10-11H,3-6H2,1-2H3,(H2,12,13);1H/t7-,8-,10-,11+;/m0./s1. The molecule has 2 N–H and O–H groups in total. The van der Waals surface area contributed by atoms with E-state index in [0.717, 1.165) is 30.0 Å². The zero-order valence-corrected chi connectivity index (χ0v) is 9.89. The predicted octanol–water partition coefficient (Wildman–Crippen LogP) is 2.61. The van der Waals surface area contributed by atoms with Crippen LogP contribution in [0.1, 0.15) is 39.5 Å². The van der Waals surface area contributed by atoms with Crippen LogP contribution >= 0.6 is 12.4 Å². The Morgan fingerprint density at radius 1 is 1.50 bits per heavy atom. The number of amidine groups is 1. The SMILES string of the molecule is CCCC[C@@H]1[C@H]2N=C(N)C[C@H](C)[C@@H]12.Cl. The normalized spacial score (nSPS) is 39.4. The van der Waals surface area contributed by atoms with Gasteiger partial charge >= 0.3 is 0 Å². The molecule has 1 fully saturated rings. The van der Waals surface area contributed by atoms with E-state index in [2.05, 4.69) is 18.8 Å². The molecule has 1 heterocycles. The second-order valence-corrected chi connectivity index (χ2v) is 4.68. The number of rotatable bonds is 3. The summed E-state index contributed by atoms with van der Waals surface area (Å²) in [5.41, 5.74) is 5.78. The van der Waals surface area contributed by atoms with Crippen molar-refractivity contribution in [3.63, 3.8) is 0 Å². The van der Waals surface area contributed by atoms with Gasteiger partial charge < -0.3 is 5.73 Å². The highest BCUT2D eigenvalue weighted by Gasteiger charge is 2.54. The van der Waals surface area contributed by atoms with Gasteiger partial charge in [-0.2, -0.15) is 0 Å². The maximum absolute atomic E-state index is 5.78. The Labute approximate surface area is 92.8 Å². The summed E-state index contributed by atoms with van der Waals surface area (Å²) in [6.45, 7) is 4.58. The van der Waals surface area contributed by atoms with Gasteiger partial charge in [-0.1, -0.05) is 26.7 Å². The van der Waals surface area contributed by atoms with Crippen molar-refractivity contribution in [1.82, 2.24) is 0 Å². The third-order valence-corrected chi connectivity index (χ3v) is 3.58. The number of fused-ring (bicyclic) bond motifs is 1. The zero-order chi connectivity index (χ0) is 9.42. The molecule has 2 nitrogen and oxygen atoms in total. The van der Waals surface area contributed by atoms with Crippen molar-refractivity contribution in [2.24, 2.45) is 28.5 Å². The van der Waals surface area contributed by atoms with E-state index in [1.54, 1.807) is 0 Å². The first-order valence-corrected chi connectivity index (χ1v) is 5.56. The monoisotopic (exact) mass is 216 g/mol. The van der Waals surface area contributed by atoms with Crippen molar-refractivity contribution in [1.29, 1.82) is 0 Å². The fraction of sp³-hybridized carbons (Fsp3) is 0.909. The number of unbranched alkanes of at least 4 members (excludes halogenated alkanes) is 1. The fourth-order valence-corrected chi connectivity index (χ4v) is 2.84. The van der Waals surface area contributed by atoms with Gasteiger partial charge in [0, 0.05) is 6.42 Å². The van der Waals surface area contributed by atoms with Crippen molar-refractivity contribution >= 4 is 18.2 Å². The first-order valence-electron chi connectivity index (χ1n) is 5.56. The van der Waals surface area contributed by atoms with Crippen molar-refractivity contribution in [3.05, 3.63) is 0 Å². The first-order chi connectivity index (χ1) is 6.24. The van der Waals surface area contributed by atoms with Crippen LogP contribution in [0.5, 0.6) is 0 Å². The van der Waals surface area contributed by atoms with Crippen LogP contribution in [0.25, 0.3) is 0 Å². The molecule has 0 unspecified atom stereocenters. The molecule has 3 heteroatoms. The van der Waals surface area contributed by atoms with E-state index in [1.165, 1.54) is 19.3 Å². The van der Waals surface area contributed by atoms with E-state index in [0.29, 0.717) is 6.04 Å². The van der Waals surface area contributed by atoms with Gasteiger partial charge in [-0.3, -0.25) is 4.99 Å². The van der Waals surface area contributed by atoms with Gasteiger partial charge in [0.1, 0.15) is 0 Å². The molecule has 2 aliphatic rings. The molecule has 14 heavy (non-hydrogen) atoms. The molecule has 4 atom stereocenters. The highest BCUT2D eigenvalue weighted by Crippen LogP contribution is 2.52. The lowest BCUT2D eigenvalue weighted by Crippen LogP contribution is -2.22. The van der Waals surface area contributed by atoms with Crippen LogP contribution in [0, 0.1) is 17.8 Å². The zero-order valence-electron chi connectivity index (χ0n) is 9.07. The van der Waals surface area contributed by atoms with Gasteiger partial charge in [-0.05, 0) is 24.2 Å². The summed E-state index contributed by atoms with van der Waals surface area (Å²) < 4.78 is 0. The minimum absolute atomic E-state index is 0. The van der Waals surface area contributed by atoms with E-state index in [1.807, 2.05) is 0 Å². The van der Waals surface area contributed by atoms with Crippen LogP contribution in [0.15, 0.2) is 4.99 Å². The van der Waals surface area contributed by atoms with Crippen LogP contribution in [0.3, 0.4) is 0 Å². The predicted molar refractivity (Wildman–Crippen MR) is 62.9 cm³/mol. The maximum Gasteiger partial charge on any atom is 0.0943 e. The minimum atomic E-state index is 0. The molecule has 1 saturated carbocycles. The summed E-state index contributed by atoms with van der Waals surface area (Å²) in [5.74, 6) is 3.42. The molecular formula is C11H21ClN2. The number of hydrogen-bond donors (Lipinski definition) is 1. The lowest BCUT2D eigenvalue weighted by atomic mass is 9.97. The Morgan fingerprint density at radius 2 is 2.21 bits per heavy atom. The molecule has 1 aliphatic heterocycles. The number of aliphatic imine (C=N–C) groups is 1. The maximum atomic E-state index is 5.78. The highest BCUT2D eigenvalue weighted by molar-refractivity contribution is 5.85. The summed E-state index contributed by atoms with van der Waals surface area (Å²) in [5, 5.41) is 0. The molecule has 0 aromatic heterocycles. The topological polar surface area (TPSA) is 38.4 Å². The third-order valence-electron chi connectivity index (χ3n) is 3.58. The summed E-state index contributed by atoms with van der Waals surface area (Å²) in [7, 11) is 0. The van der Waals surface area contributed by atoms with Gasteiger partial charge in [-0.15, -0.1) is 12.4 Å². The van der Waals surface area contributed by atoms with E-state index in [9.17, 15) is 0 Å². The Morgan fingerprint density at radius 3 is 2.86 bits per heavy atom. The highest BCUT2D eigenvalue weighted by atomic mass is 35.5. The molecule has 0 aromatic carbocycles. The van der Waals surface area contributed by atoms with Gasteiger partial charge in [-0.25, -0.2) is 0 Å². The molecule has 1 aliphatic carbocycles. The molecule has 0 bridgehead atoms. The second kappa shape index (κ2) is 4.52. The molecule has 0 radical (unpaired) electrons. The van der Waals surface area contributed by atoms with E-state index < -0.39 is 0 Å². The van der Waals surface area contributed by atoms with Crippen molar-refractivity contribution < 1.29 is 0 Å². The summed E-state index contributed by atoms with van der Waals surface area (Å²) in [6, 6.07) is 0.607. The van der Waals surface area contributed by atoms with Crippen LogP contribution in [-0.4, -0.2) is 11.9 Å².